The number of nitrogens with zero attached hydrogens (tertiary/aromatic N) is 2. The summed E-state index contributed by atoms with van der Waals surface area (Å²) in [5, 5.41) is 8.52. The fraction of sp³-hybridized carbons (Fsp3) is 0.308. The number of hydrogen-bond acceptors (Lipinski definition) is 2. The van der Waals surface area contributed by atoms with Crippen molar-refractivity contribution in [1.29, 1.82) is 0 Å². The van der Waals surface area contributed by atoms with Crippen LogP contribution < -0.4 is 5.32 Å². The van der Waals surface area contributed by atoms with Gasteiger partial charge in [-0.2, -0.15) is 5.10 Å². The SMILES string of the molecule is CC(NCc1ccn(C)n1)c1ccc(Cl)cc1. The normalized spacial score (nSPS) is 12.6. The van der Waals surface area contributed by atoms with E-state index in [1.807, 2.05) is 48.3 Å². The highest BCUT2D eigenvalue weighted by Gasteiger charge is 2.05. The third-order valence-electron chi connectivity index (χ3n) is 2.73. The Labute approximate surface area is 106 Å². The first kappa shape index (κ1) is 12.1. The van der Waals surface area contributed by atoms with Gasteiger partial charge in [-0.3, -0.25) is 4.68 Å². The zero-order valence-electron chi connectivity index (χ0n) is 10.0. The minimum Gasteiger partial charge on any atom is -0.304 e. The van der Waals surface area contributed by atoms with Crippen LogP contribution >= 0.6 is 11.6 Å². The summed E-state index contributed by atoms with van der Waals surface area (Å²) in [5.41, 5.74) is 2.28. The van der Waals surface area contributed by atoms with E-state index in [0.717, 1.165) is 17.3 Å². The molecule has 1 aromatic carbocycles. The van der Waals surface area contributed by atoms with E-state index in [1.54, 1.807) is 0 Å². The van der Waals surface area contributed by atoms with Gasteiger partial charge in [0.05, 0.1) is 5.69 Å². The Bertz CT molecular complexity index is 476. The van der Waals surface area contributed by atoms with Crippen LogP contribution in [-0.2, 0) is 13.6 Å². The van der Waals surface area contributed by atoms with E-state index in [1.165, 1.54) is 5.56 Å². The molecule has 90 valence electrons. The summed E-state index contributed by atoms with van der Waals surface area (Å²) >= 11 is 5.86. The Morgan fingerprint density at radius 2 is 2.00 bits per heavy atom. The van der Waals surface area contributed by atoms with Gasteiger partial charge >= 0.3 is 0 Å². The summed E-state index contributed by atoms with van der Waals surface area (Å²) in [6.45, 7) is 2.90. The summed E-state index contributed by atoms with van der Waals surface area (Å²) in [5.74, 6) is 0. The Morgan fingerprint density at radius 3 is 2.59 bits per heavy atom. The molecule has 1 aromatic heterocycles. The average Bonchev–Trinajstić information content (AvgIpc) is 2.73. The van der Waals surface area contributed by atoms with Gasteiger partial charge < -0.3 is 5.32 Å². The van der Waals surface area contributed by atoms with Crippen molar-refractivity contribution in [2.24, 2.45) is 7.05 Å². The van der Waals surface area contributed by atoms with E-state index >= 15 is 0 Å². The lowest BCUT2D eigenvalue weighted by atomic mass is 10.1. The van der Waals surface area contributed by atoms with Gasteiger partial charge in [-0.15, -0.1) is 0 Å². The molecule has 0 radical (unpaired) electrons. The third-order valence-corrected chi connectivity index (χ3v) is 2.98. The van der Waals surface area contributed by atoms with E-state index in [-0.39, 0.29) is 6.04 Å². The molecule has 0 aliphatic carbocycles. The average molecular weight is 250 g/mol. The van der Waals surface area contributed by atoms with Crippen molar-refractivity contribution in [2.75, 3.05) is 0 Å². The Morgan fingerprint density at radius 1 is 1.29 bits per heavy atom. The molecule has 0 fully saturated rings. The smallest absolute Gasteiger partial charge is 0.0762 e. The lowest BCUT2D eigenvalue weighted by Gasteiger charge is -2.13. The van der Waals surface area contributed by atoms with Gasteiger partial charge in [0.15, 0.2) is 0 Å². The number of nitrogens with one attached hydrogen (secondary N) is 1. The monoisotopic (exact) mass is 249 g/mol. The summed E-state index contributed by atoms with van der Waals surface area (Å²) in [4.78, 5) is 0. The summed E-state index contributed by atoms with van der Waals surface area (Å²) < 4.78 is 1.81. The first-order chi connectivity index (χ1) is 8.15. The fourth-order valence-corrected chi connectivity index (χ4v) is 1.81. The highest BCUT2D eigenvalue weighted by molar-refractivity contribution is 6.30. The van der Waals surface area contributed by atoms with Gasteiger partial charge in [0.25, 0.3) is 0 Å². The van der Waals surface area contributed by atoms with Crippen LogP contribution in [-0.4, -0.2) is 9.78 Å². The quantitative estimate of drug-likeness (QED) is 0.903. The Hall–Kier alpha value is -1.32. The van der Waals surface area contributed by atoms with Crippen LogP contribution in [0.1, 0.15) is 24.2 Å². The Balaban J connectivity index is 1.93. The molecule has 0 bridgehead atoms. The highest BCUT2D eigenvalue weighted by Crippen LogP contribution is 2.16. The highest BCUT2D eigenvalue weighted by atomic mass is 35.5. The molecule has 2 aromatic rings. The van der Waals surface area contributed by atoms with Crippen LogP contribution in [0.4, 0.5) is 0 Å². The van der Waals surface area contributed by atoms with Crippen molar-refractivity contribution in [3.05, 3.63) is 52.8 Å². The lowest BCUT2D eigenvalue weighted by molar-refractivity contribution is 0.562. The van der Waals surface area contributed by atoms with Crippen LogP contribution in [0.2, 0.25) is 5.02 Å². The molecule has 3 nitrogen and oxygen atoms in total. The van der Waals surface area contributed by atoms with Crippen molar-refractivity contribution >= 4 is 11.6 Å². The molecule has 1 atom stereocenters. The number of hydrogen-bond donors (Lipinski definition) is 1. The van der Waals surface area contributed by atoms with Crippen LogP contribution in [0, 0.1) is 0 Å². The third kappa shape index (κ3) is 3.32. The largest absolute Gasteiger partial charge is 0.304 e. The second-order valence-electron chi connectivity index (χ2n) is 4.13. The molecular weight excluding hydrogens is 234 g/mol. The van der Waals surface area contributed by atoms with Gasteiger partial charge in [-0.1, -0.05) is 23.7 Å². The van der Waals surface area contributed by atoms with E-state index in [0.29, 0.717) is 0 Å². The van der Waals surface area contributed by atoms with Crippen molar-refractivity contribution in [3.63, 3.8) is 0 Å². The van der Waals surface area contributed by atoms with Crippen LogP contribution in [0.15, 0.2) is 36.5 Å². The molecule has 0 aliphatic rings. The molecule has 0 spiro atoms. The standard InChI is InChI=1S/C13H16ClN3/c1-10(11-3-5-12(14)6-4-11)15-9-13-7-8-17(2)16-13/h3-8,10,15H,9H2,1-2H3. The molecule has 1 N–H and O–H groups in total. The maximum Gasteiger partial charge on any atom is 0.0762 e. The van der Waals surface area contributed by atoms with Crippen LogP contribution in [0.5, 0.6) is 0 Å². The van der Waals surface area contributed by atoms with Gasteiger partial charge in [0.2, 0.25) is 0 Å². The topological polar surface area (TPSA) is 29.9 Å². The van der Waals surface area contributed by atoms with Crippen molar-refractivity contribution in [1.82, 2.24) is 15.1 Å². The number of aromatic nitrogens is 2. The van der Waals surface area contributed by atoms with Gasteiger partial charge in [-0.05, 0) is 30.7 Å². The minimum atomic E-state index is 0.286. The first-order valence-corrected chi connectivity index (χ1v) is 6.00. The number of halogens is 1. The summed E-state index contributed by atoms with van der Waals surface area (Å²) in [6.07, 6.45) is 1.95. The lowest BCUT2D eigenvalue weighted by Crippen LogP contribution is -2.18. The van der Waals surface area contributed by atoms with E-state index in [4.69, 9.17) is 11.6 Å². The van der Waals surface area contributed by atoms with Crippen molar-refractivity contribution in [3.8, 4) is 0 Å². The number of rotatable bonds is 4. The fourth-order valence-electron chi connectivity index (χ4n) is 1.68. The predicted molar refractivity (Wildman–Crippen MR) is 69.9 cm³/mol. The summed E-state index contributed by atoms with van der Waals surface area (Å²) in [6, 6.07) is 10.2. The maximum absolute atomic E-state index is 5.86. The second-order valence-corrected chi connectivity index (χ2v) is 4.57. The zero-order valence-corrected chi connectivity index (χ0v) is 10.8. The van der Waals surface area contributed by atoms with Gasteiger partial charge in [0, 0.05) is 30.9 Å². The van der Waals surface area contributed by atoms with E-state index < -0.39 is 0 Å². The minimum absolute atomic E-state index is 0.286. The van der Waals surface area contributed by atoms with Crippen molar-refractivity contribution < 1.29 is 0 Å². The van der Waals surface area contributed by atoms with E-state index in [9.17, 15) is 0 Å². The van der Waals surface area contributed by atoms with Gasteiger partial charge in [-0.25, -0.2) is 0 Å². The molecule has 17 heavy (non-hydrogen) atoms. The molecule has 4 heteroatoms. The van der Waals surface area contributed by atoms with Crippen LogP contribution in [0.25, 0.3) is 0 Å². The molecular formula is C13H16ClN3. The molecule has 0 saturated heterocycles. The summed E-state index contributed by atoms with van der Waals surface area (Å²) in [7, 11) is 1.92. The molecule has 0 aliphatic heterocycles. The molecule has 0 amide bonds. The Kier molecular flexibility index (Phi) is 3.82. The zero-order chi connectivity index (χ0) is 12.3. The second kappa shape index (κ2) is 5.34. The molecule has 0 saturated carbocycles. The van der Waals surface area contributed by atoms with Crippen molar-refractivity contribution in [2.45, 2.75) is 19.5 Å². The first-order valence-electron chi connectivity index (χ1n) is 5.62. The van der Waals surface area contributed by atoms with Crippen LogP contribution in [0.3, 0.4) is 0 Å². The number of aryl methyl sites for hydroxylation is 1. The predicted octanol–water partition coefficient (Wildman–Crippen LogP) is 2.92. The van der Waals surface area contributed by atoms with E-state index in [2.05, 4.69) is 17.3 Å². The molecule has 1 unspecified atom stereocenters. The maximum atomic E-state index is 5.86. The molecule has 1 heterocycles. The van der Waals surface area contributed by atoms with Gasteiger partial charge in [0.1, 0.15) is 0 Å². The molecule has 2 rings (SSSR count). The number of benzene rings is 1.